The van der Waals surface area contributed by atoms with Crippen LogP contribution in [0.2, 0.25) is 0 Å². The zero-order valence-corrected chi connectivity index (χ0v) is 22.3. The number of esters is 1. The van der Waals surface area contributed by atoms with E-state index >= 15 is 0 Å². The number of hydrogen-bond acceptors (Lipinski definition) is 8. The third-order valence-electron chi connectivity index (χ3n) is 8.06. The Morgan fingerprint density at radius 2 is 2.00 bits per heavy atom. The van der Waals surface area contributed by atoms with Crippen molar-refractivity contribution in [3.63, 3.8) is 0 Å². The zero-order valence-electron chi connectivity index (χ0n) is 22.3. The number of carbonyl (C=O) groups is 1. The van der Waals surface area contributed by atoms with Crippen molar-refractivity contribution >= 4 is 16.9 Å². The van der Waals surface area contributed by atoms with Crippen molar-refractivity contribution in [2.45, 2.75) is 71.4 Å². The van der Waals surface area contributed by atoms with Crippen LogP contribution in [0, 0.1) is 18.2 Å². The molecule has 9 nitrogen and oxygen atoms in total. The number of nitrogens with two attached hydrogens (primary N) is 1. The summed E-state index contributed by atoms with van der Waals surface area (Å²) in [6.07, 6.45) is 3.30. The van der Waals surface area contributed by atoms with Crippen LogP contribution in [0.4, 0.5) is 4.39 Å². The number of ether oxygens (including phenoxy) is 1. The highest BCUT2D eigenvalue weighted by molar-refractivity contribution is 5.80. The minimum atomic E-state index is -0.788. The SMILES string of the molecule is Cc1nc2n(c(=O)c1CCN1CCC(c3noc4cc(F)ccc34)CC1)CCCC2OC(=O)C(C)(C)CN. The molecule has 4 heterocycles. The summed E-state index contributed by atoms with van der Waals surface area (Å²) in [4.78, 5) is 33.2. The quantitative estimate of drug-likeness (QED) is 0.465. The summed E-state index contributed by atoms with van der Waals surface area (Å²) >= 11 is 0. The second-order valence-electron chi connectivity index (χ2n) is 11.2. The summed E-state index contributed by atoms with van der Waals surface area (Å²) in [6.45, 7) is 8.65. The molecular weight excluding hydrogens is 489 g/mol. The molecule has 2 aromatic heterocycles. The van der Waals surface area contributed by atoms with E-state index in [-0.39, 0.29) is 29.8 Å². The zero-order chi connectivity index (χ0) is 27.0. The monoisotopic (exact) mass is 525 g/mol. The number of benzene rings is 1. The Hall–Kier alpha value is -3.11. The number of nitrogens with zero attached hydrogens (tertiary/aromatic N) is 4. The highest BCUT2D eigenvalue weighted by atomic mass is 19.1. The Balaban J connectivity index is 1.23. The van der Waals surface area contributed by atoms with Gasteiger partial charge in [0.25, 0.3) is 5.56 Å². The maximum Gasteiger partial charge on any atom is 0.313 e. The van der Waals surface area contributed by atoms with Crippen LogP contribution in [0.5, 0.6) is 0 Å². The number of likely N-dealkylation sites (tertiary alicyclic amines) is 1. The molecule has 1 atom stereocenters. The number of halogens is 1. The summed E-state index contributed by atoms with van der Waals surface area (Å²) in [5.74, 6) is 0.0948. The van der Waals surface area contributed by atoms with Crippen molar-refractivity contribution in [3.05, 3.63) is 57.1 Å². The van der Waals surface area contributed by atoms with Gasteiger partial charge in [-0.2, -0.15) is 0 Å². The predicted octanol–water partition coefficient (Wildman–Crippen LogP) is 3.62. The molecule has 38 heavy (non-hydrogen) atoms. The van der Waals surface area contributed by atoms with E-state index < -0.39 is 11.5 Å². The Bertz CT molecular complexity index is 1390. The highest BCUT2D eigenvalue weighted by Gasteiger charge is 2.34. The van der Waals surface area contributed by atoms with Gasteiger partial charge in [-0.15, -0.1) is 0 Å². The summed E-state index contributed by atoms with van der Waals surface area (Å²) in [7, 11) is 0. The average molecular weight is 526 g/mol. The molecule has 1 saturated heterocycles. The molecule has 2 aliphatic heterocycles. The van der Waals surface area contributed by atoms with Gasteiger partial charge < -0.3 is 19.9 Å². The molecule has 1 fully saturated rings. The lowest BCUT2D eigenvalue weighted by molar-refractivity contribution is -0.161. The van der Waals surface area contributed by atoms with Crippen molar-refractivity contribution in [2.75, 3.05) is 26.2 Å². The van der Waals surface area contributed by atoms with Gasteiger partial charge in [0.2, 0.25) is 0 Å². The summed E-state index contributed by atoms with van der Waals surface area (Å²) < 4.78 is 26.3. The van der Waals surface area contributed by atoms with Crippen LogP contribution >= 0.6 is 0 Å². The normalized spacial score (nSPS) is 19.0. The first-order valence-corrected chi connectivity index (χ1v) is 13.5. The van der Waals surface area contributed by atoms with Gasteiger partial charge in [0.1, 0.15) is 5.82 Å². The van der Waals surface area contributed by atoms with Crippen molar-refractivity contribution in [1.29, 1.82) is 0 Å². The smallest absolute Gasteiger partial charge is 0.313 e. The second kappa shape index (κ2) is 10.6. The van der Waals surface area contributed by atoms with E-state index in [0.717, 1.165) is 55.5 Å². The molecular formula is C28H36FN5O4. The molecule has 1 unspecified atom stereocenters. The third-order valence-corrected chi connectivity index (χ3v) is 8.06. The van der Waals surface area contributed by atoms with Gasteiger partial charge >= 0.3 is 5.97 Å². The van der Waals surface area contributed by atoms with Gasteiger partial charge in [-0.25, -0.2) is 9.37 Å². The molecule has 10 heteroatoms. The third kappa shape index (κ3) is 5.11. The number of aryl methyl sites for hydroxylation is 1. The fourth-order valence-electron chi connectivity index (χ4n) is 5.44. The fourth-order valence-corrected chi connectivity index (χ4v) is 5.44. The van der Waals surface area contributed by atoms with Gasteiger partial charge in [-0.3, -0.25) is 14.2 Å². The number of aromatic nitrogens is 3. The maximum atomic E-state index is 13.5. The lowest BCUT2D eigenvalue weighted by atomic mass is 9.91. The summed E-state index contributed by atoms with van der Waals surface area (Å²) in [5, 5.41) is 5.11. The average Bonchev–Trinajstić information content (AvgIpc) is 3.32. The molecule has 0 saturated carbocycles. The number of hydrogen-bond donors (Lipinski definition) is 1. The first-order chi connectivity index (χ1) is 18.2. The van der Waals surface area contributed by atoms with Gasteiger partial charge in [0.05, 0.1) is 11.1 Å². The fraction of sp³-hybridized carbons (Fsp3) is 0.571. The molecule has 1 aromatic carbocycles. The number of piperidine rings is 1. The first-order valence-electron chi connectivity index (χ1n) is 13.5. The maximum absolute atomic E-state index is 13.5. The van der Waals surface area contributed by atoms with Crippen LogP contribution in [0.3, 0.4) is 0 Å². The minimum Gasteiger partial charge on any atom is -0.454 e. The standard InChI is InChI=1S/C28H36FN5O4/c1-17-20(26(35)34-11-4-5-22(25(34)31-17)37-27(36)28(2,3)16-30)10-14-33-12-8-18(9-13-33)24-21-7-6-19(29)15-23(21)38-32-24/h6-7,15,18,22H,4-5,8-14,16,30H2,1-3H3. The van der Waals surface area contributed by atoms with Crippen LogP contribution in [0.15, 0.2) is 27.5 Å². The van der Waals surface area contributed by atoms with E-state index in [9.17, 15) is 14.0 Å². The van der Waals surface area contributed by atoms with Gasteiger partial charge in [-0.1, -0.05) is 5.16 Å². The van der Waals surface area contributed by atoms with E-state index in [2.05, 4.69) is 10.1 Å². The Morgan fingerprint density at radius 1 is 1.24 bits per heavy atom. The van der Waals surface area contributed by atoms with Crippen LogP contribution in [-0.2, 0) is 22.5 Å². The van der Waals surface area contributed by atoms with E-state index in [0.29, 0.717) is 36.5 Å². The van der Waals surface area contributed by atoms with Crippen molar-refractivity contribution in [3.8, 4) is 0 Å². The lowest BCUT2D eigenvalue weighted by Gasteiger charge is -2.32. The van der Waals surface area contributed by atoms with Gasteiger partial charge in [-0.05, 0) is 78.1 Å². The minimum absolute atomic E-state index is 0.0393. The largest absolute Gasteiger partial charge is 0.454 e. The Morgan fingerprint density at radius 3 is 2.74 bits per heavy atom. The predicted molar refractivity (Wildman–Crippen MR) is 140 cm³/mol. The molecule has 2 N–H and O–H groups in total. The number of fused-ring (bicyclic) bond motifs is 2. The van der Waals surface area contributed by atoms with E-state index in [4.69, 9.17) is 20.0 Å². The number of carbonyl (C=O) groups excluding carboxylic acids is 1. The van der Waals surface area contributed by atoms with Crippen LogP contribution in [0.25, 0.3) is 11.0 Å². The molecule has 5 rings (SSSR count). The topological polar surface area (TPSA) is 116 Å². The highest BCUT2D eigenvalue weighted by Crippen LogP contribution is 2.33. The molecule has 0 aliphatic carbocycles. The molecule has 0 radical (unpaired) electrons. The lowest BCUT2D eigenvalue weighted by Crippen LogP contribution is -2.39. The second-order valence-corrected chi connectivity index (χ2v) is 11.2. The van der Waals surface area contributed by atoms with E-state index in [1.807, 2.05) is 6.92 Å². The van der Waals surface area contributed by atoms with E-state index in [1.54, 1.807) is 24.5 Å². The van der Waals surface area contributed by atoms with Crippen molar-refractivity contribution < 1.29 is 18.4 Å². The first kappa shape index (κ1) is 26.5. The van der Waals surface area contributed by atoms with Crippen LogP contribution in [0.1, 0.15) is 74.3 Å². The summed E-state index contributed by atoms with van der Waals surface area (Å²) in [6, 6.07) is 4.56. The molecule has 204 valence electrons. The Kier molecular flexibility index (Phi) is 7.37. The molecule has 2 aliphatic rings. The van der Waals surface area contributed by atoms with Crippen molar-refractivity contribution in [1.82, 2.24) is 19.6 Å². The molecule has 0 bridgehead atoms. The van der Waals surface area contributed by atoms with Gasteiger partial charge in [0, 0.05) is 48.3 Å². The van der Waals surface area contributed by atoms with Gasteiger partial charge in [0.15, 0.2) is 17.5 Å². The molecule has 0 spiro atoms. The Labute approximate surface area is 221 Å². The molecule has 0 amide bonds. The molecule has 3 aromatic rings. The summed E-state index contributed by atoms with van der Waals surface area (Å²) in [5.41, 5.74) is 7.70. The number of rotatable bonds is 7. The van der Waals surface area contributed by atoms with Crippen molar-refractivity contribution in [2.24, 2.45) is 11.1 Å². The van der Waals surface area contributed by atoms with Crippen LogP contribution in [-0.4, -0.2) is 51.8 Å². The van der Waals surface area contributed by atoms with E-state index in [1.165, 1.54) is 12.1 Å². The van der Waals surface area contributed by atoms with Crippen LogP contribution < -0.4 is 11.3 Å².